The van der Waals surface area contributed by atoms with E-state index in [0.29, 0.717) is 25.8 Å². The largest absolute Gasteiger partial charge is 0.506 e. The van der Waals surface area contributed by atoms with E-state index >= 15 is 0 Å². The Morgan fingerprint density at radius 1 is 1.24 bits per heavy atom. The van der Waals surface area contributed by atoms with E-state index in [1.54, 1.807) is 43.3 Å². The standard InChI is InChI=1S/C20H16Br2N2O5/c1-11(2-7-17(25)26)19(15-8-13(21)9-16(22)18(15)27)29-20(28)24-14-5-3-12(10-23)4-6-14/h2-9,11,19,27H,1H3,(H,24,28)(H,25,26)/b7-2+/t11-,19+/m0/s1. The zero-order valence-electron chi connectivity index (χ0n) is 15.1. The summed E-state index contributed by atoms with van der Waals surface area (Å²) in [5, 5.41) is 30.7. The molecule has 0 aliphatic heterocycles. The van der Waals surface area contributed by atoms with Gasteiger partial charge in [0.1, 0.15) is 11.9 Å². The molecule has 2 atom stereocenters. The summed E-state index contributed by atoms with van der Waals surface area (Å²) < 4.78 is 6.54. The number of amides is 1. The molecule has 0 heterocycles. The second-order valence-electron chi connectivity index (χ2n) is 6.02. The SMILES string of the molecule is C[C@@H](/C=C/C(=O)O)[C@@H](OC(=O)Nc1ccc(C#N)cc1)c1cc(Br)cc(Br)c1O. The molecular formula is C20H16Br2N2O5. The zero-order valence-corrected chi connectivity index (χ0v) is 18.3. The lowest BCUT2D eigenvalue weighted by molar-refractivity contribution is -0.131. The van der Waals surface area contributed by atoms with E-state index in [2.05, 4.69) is 37.2 Å². The molecule has 0 aliphatic carbocycles. The Morgan fingerprint density at radius 3 is 2.48 bits per heavy atom. The van der Waals surface area contributed by atoms with Crippen LogP contribution in [0.1, 0.15) is 24.2 Å². The fraction of sp³-hybridized carbons (Fsp3) is 0.150. The Morgan fingerprint density at radius 2 is 1.90 bits per heavy atom. The summed E-state index contributed by atoms with van der Waals surface area (Å²) >= 11 is 6.56. The highest BCUT2D eigenvalue weighted by atomic mass is 79.9. The normalized spacial score (nSPS) is 12.8. The molecule has 2 rings (SSSR count). The minimum absolute atomic E-state index is 0.125. The minimum Gasteiger partial charge on any atom is -0.506 e. The van der Waals surface area contributed by atoms with E-state index in [9.17, 15) is 14.7 Å². The summed E-state index contributed by atoms with van der Waals surface area (Å²) in [6.07, 6.45) is 0.545. The predicted molar refractivity (Wildman–Crippen MR) is 113 cm³/mol. The number of carbonyl (C=O) groups is 2. The van der Waals surface area contributed by atoms with Crippen molar-refractivity contribution in [2.24, 2.45) is 5.92 Å². The molecule has 0 spiro atoms. The summed E-state index contributed by atoms with van der Waals surface area (Å²) in [5.74, 6) is -1.83. The zero-order chi connectivity index (χ0) is 21.6. The van der Waals surface area contributed by atoms with Gasteiger partial charge in [-0.05, 0) is 52.3 Å². The Kier molecular flexibility index (Phi) is 7.82. The number of carboxylic acid groups (broad SMARTS) is 1. The molecule has 9 heteroatoms. The van der Waals surface area contributed by atoms with E-state index in [-0.39, 0.29) is 5.75 Å². The third-order valence-corrected chi connectivity index (χ3v) is 4.94. The monoisotopic (exact) mass is 522 g/mol. The molecule has 3 N–H and O–H groups in total. The van der Waals surface area contributed by atoms with Crippen molar-refractivity contribution < 1.29 is 24.5 Å². The number of phenolic OH excluding ortho intramolecular Hbond substituents is 1. The Hall–Kier alpha value is -2.83. The molecule has 150 valence electrons. The van der Waals surface area contributed by atoms with E-state index < -0.39 is 24.1 Å². The molecule has 2 aromatic rings. The van der Waals surface area contributed by atoms with Crippen LogP contribution in [0.3, 0.4) is 0 Å². The van der Waals surface area contributed by atoms with Crippen LogP contribution in [-0.2, 0) is 9.53 Å². The van der Waals surface area contributed by atoms with Crippen molar-refractivity contribution in [1.29, 1.82) is 5.26 Å². The second kappa shape index (κ2) is 10.1. The average Bonchev–Trinajstić information content (AvgIpc) is 2.67. The molecule has 0 bridgehead atoms. The van der Waals surface area contributed by atoms with Crippen molar-refractivity contribution in [3.63, 3.8) is 0 Å². The third kappa shape index (κ3) is 6.34. The van der Waals surface area contributed by atoms with Crippen molar-refractivity contribution in [3.8, 4) is 11.8 Å². The molecular weight excluding hydrogens is 508 g/mol. The maximum atomic E-state index is 12.4. The summed E-state index contributed by atoms with van der Waals surface area (Å²) in [7, 11) is 0. The Balaban J connectivity index is 2.30. The minimum atomic E-state index is -1.14. The van der Waals surface area contributed by atoms with Crippen LogP contribution in [0.15, 0.2) is 57.5 Å². The summed E-state index contributed by atoms with van der Waals surface area (Å²) in [4.78, 5) is 23.3. The molecule has 0 saturated carbocycles. The van der Waals surface area contributed by atoms with E-state index in [0.717, 1.165) is 6.08 Å². The summed E-state index contributed by atoms with van der Waals surface area (Å²) in [6.45, 7) is 1.66. The van der Waals surface area contributed by atoms with Gasteiger partial charge in [-0.15, -0.1) is 0 Å². The van der Waals surface area contributed by atoms with Gasteiger partial charge in [-0.25, -0.2) is 9.59 Å². The number of carbonyl (C=O) groups excluding carboxylic acids is 1. The molecule has 2 aromatic carbocycles. The number of nitrogens with one attached hydrogen (secondary N) is 1. The molecule has 7 nitrogen and oxygen atoms in total. The topological polar surface area (TPSA) is 120 Å². The van der Waals surface area contributed by atoms with Gasteiger partial charge >= 0.3 is 12.1 Å². The number of aliphatic carboxylic acids is 1. The van der Waals surface area contributed by atoms with Crippen LogP contribution in [0.2, 0.25) is 0 Å². The van der Waals surface area contributed by atoms with Crippen LogP contribution in [-0.4, -0.2) is 22.3 Å². The number of carboxylic acids is 1. The van der Waals surface area contributed by atoms with E-state index in [1.807, 2.05) is 6.07 Å². The first-order chi connectivity index (χ1) is 13.7. The van der Waals surface area contributed by atoms with Gasteiger partial charge < -0.3 is 14.9 Å². The maximum absolute atomic E-state index is 12.4. The molecule has 0 radical (unpaired) electrons. The number of benzene rings is 2. The van der Waals surface area contributed by atoms with E-state index in [4.69, 9.17) is 15.1 Å². The predicted octanol–water partition coefficient (Wildman–Crippen LogP) is 5.36. The van der Waals surface area contributed by atoms with Crippen LogP contribution in [0.25, 0.3) is 0 Å². The lowest BCUT2D eigenvalue weighted by Crippen LogP contribution is -2.21. The highest BCUT2D eigenvalue weighted by Crippen LogP contribution is 2.40. The van der Waals surface area contributed by atoms with Gasteiger partial charge in [0, 0.05) is 27.7 Å². The first-order valence-corrected chi connectivity index (χ1v) is 9.86. The highest BCUT2D eigenvalue weighted by Gasteiger charge is 2.26. The number of rotatable bonds is 6. The van der Waals surface area contributed by atoms with Gasteiger partial charge in [-0.3, -0.25) is 5.32 Å². The van der Waals surface area contributed by atoms with Crippen LogP contribution in [0.5, 0.6) is 5.75 Å². The van der Waals surface area contributed by atoms with E-state index in [1.165, 1.54) is 6.08 Å². The number of phenols is 1. The van der Waals surface area contributed by atoms with Crippen LogP contribution in [0.4, 0.5) is 10.5 Å². The average molecular weight is 524 g/mol. The molecule has 0 aliphatic rings. The lowest BCUT2D eigenvalue weighted by atomic mass is 9.96. The van der Waals surface area contributed by atoms with Crippen molar-refractivity contribution in [1.82, 2.24) is 0 Å². The van der Waals surface area contributed by atoms with Crippen LogP contribution >= 0.6 is 31.9 Å². The van der Waals surface area contributed by atoms with Gasteiger partial charge in [0.25, 0.3) is 0 Å². The fourth-order valence-electron chi connectivity index (χ4n) is 2.48. The summed E-state index contributed by atoms with van der Waals surface area (Å²) in [5.41, 5.74) is 1.16. The van der Waals surface area contributed by atoms with Gasteiger partial charge in [-0.2, -0.15) is 5.26 Å². The smallest absolute Gasteiger partial charge is 0.412 e. The van der Waals surface area contributed by atoms with Crippen molar-refractivity contribution in [3.05, 3.63) is 68.6 Å². The van der Waals surface area contributed by atoms with Gasteiger partial charge in [-0.1, -0.05) is 28.9 Å². The number of ether oxygens (including phenoxy) is 1. The number of nitriles is 1. The quantitative estimate of drug-likeness (QED) is 0.438. The molecule has 1 amide bonds. The maximum Gasteiger partial charge on any atom is 0.412 e. The third-order valence-electron chi connectivity index (χ3n) is 3.88. The number of anilines is 1. The Labute approximate surface area is 183 Å². The highest BCUT2D eigenvalue weighted by molar-refractivity contribution is 9.11. The van der Waals surface area contributed by atoms with Crippen molar-refractivity contribution >= 4 is 49.6 Å². The fourth-order valence-corrected chi connectivity index (χ4v) is 3.74. The first-order valence-electron chi connectivity index (χ1n) is 8.28. The second-order valence-corrected chi connectivity index (χ2v) is 7.79. The number of hydrogen-bond acceptors (Lipinski definition) is 5. The summed E-state index contributed by atoms with van der Waals surface area (Å²) in [6, 6.07) is 11.4. The van der Waals surface area contributed by atoms with Gasteiger partial charge in [0.2, 0.25) is 0 Å². The molecule has 0 unspecified atom stereocenters. The van der Waals surface area contributed by atoms with Crippen LogP contribution < -0.4 is 5.32 Å². The van der Waals surface area contributed by atoms with Gasteiger partial charge in [0.05, 0.1) is 16.1 Å². The lowest BCUT2D eigenvalue weighted by Gasteiger charge is -2.24. The molecule has 0 fully saturated rings. The Bertz CT molecular complexity index is 984. The molecule has 29 heavy (non-hydrogen) atoms. The molecule has 0 saturated heterocycles. The number of halogens is 2. The van der Waals surface area contributed by atoms with Gasteiger partial charge in [0.15, 0.2) is 0 Å². The van der Waals surface area contributed by atoms with Crippen molar-refractivity contribution in [2.45, 2.75) is 13.0 Å². The van der Waals surface area contributed by atoms with Crippen LogP contribution in [0, 0.1) is 17.2 Å². The first kappa shape index (κ1) is 22.5. The number of hydrogen-bond donors (Lipinski definition) is 3. The number of nitrogens with zero attached hydrogens (tertiary/aromatic N) is 1. The van der Waals surface area contributed by atoms with Crippen molar-refractivity contribution in [2.75, 3.05) is 5.32 Å². The number of aromatic hydroxyl groups is 1. The molecule has 0 aromatic heterocycles.